The zero-order valence-corrected chi connectivity index (χ0v) is 6.87. The molecule has 0 aliphatic rings. The summed E-state index contributed by atoms with van der Waals surface area (Å²) in [7, 11) is 1.25. The lowest BCUT2D eigenvalue weighted by atomic mass is 10.5. The molecule has 1 aromatic heterocycles. The number of carbonyl (C=O) groups excluding carboxylic acids is 1. The highest BCUT2D eigenvalue weighted by molar-refractivity contribution is 5.68. The summed E-state index contributed by atoms with van der Waals surface area (Å²) >= 11 is 0. The summed E-state index contributed by atoms with van der Waals surface area (Å²) in [6, 6.07) is 1.25. The van der Waals surface area contributed by atoms with Gasteiger partial charge in [-0.15, -0.1) is 0 Å². The number of methoxy groups -OCH3 is 1. The van der Waals surface area contributed by atoms with Crippen LogP contribution < -0.4 is 0 Å². The highest BCUT2D eigenvalue weighted by Crippen LogP contribution is 2.00. The van der Waals surface area contributed by atoms with Crippen molar-refractivity contribution < 1.29 is 13.9 Å². The molecule has 4 nitrogen and oxygen atoms in total. The fourth-order valence-corrected chi connectivity index (χ4v) is 0.812. The topological polar surface area (TPSA) is 44.1 Å². The second-order valence-corrected chi connectivity index (χ2v) is 2.34. The van der Waals surface area contributed by atoms with E-state index in [-0.39, 0.29) is 6.54 Å². The van der Waals surface area contributed by atoms with Crippen LogP contribution in [0.2, 0.25) is 0 Å². The molecule has 0 aliphatic carbocycles. The second kappa shape index (κ2) is 3.34. The van der Waals surface area contributed by atoms with Crippen LogP contribution in [0.5, 0.6) is 0 Å². The molecule has 1 aromatic rings. The molecule has 5 heteroatoms. The minimum atomic E-state index is -0.530. The number of hydrogen-bond donors (Lipinski definition) is 0. The third-order valence-corrected chi connectivity index (χ3v) is 1.36. The molecule has 0 fully saturated rings. The molecule has 0 saturated heterocycles. The second-order valence-electron chi connectivity index (χ2n) is 2.34. The van der Waals surface area contributed by atoms with Crippen molar-refractivity contribution in [1.82, 2.24) is 9.78 Å². The van der Waals surface area contributed by atoms with E-state index >= 15 is 0 Å². The number of halogens is 1. The van der Waals surface area contributed by atoms with Crippen LogP contribution in [-0.2, 0) is 16.1 Å². The highest BCUT2D eigenvalue weighted by atomic mass is 19.1. The van der Waals surface area contributed by atoms with Gasteiger partial charge in [-0.2, -0.15) is 9.49 Å². The van der Waals surface area contributed by atoms with Gasteiger partial charge in [0.2, 0.25) is 5.95 Å². The van der Waals surface area contributed by atoms with Crippen molar-refractivity contribution in [3.63, 3.8) is 0 Å². The maximum absolute atomic E-state index is 12.8. The highest BCUT2D eigenvalue weighted by Gasteiger charge is 2.08. The number of nitrogens with zero attached hydrogens (tertiary/aromatic N) is 2. The van der Waals surface area contributed by atoms with Gasteiger partial charge in [-0.05, 0) is 6.92 Å². The van der Waals surface area contributed by atoms with Gasteiger partial charge >= 0.3 is 5.97 Å². The number of aryl methyl sites for hydroxylation is 1. The van der Waals surface area contributed by atoms with E-state index in [1.807, 2.05) is 0 Å². The first kappa shape index (κ1) is 8.70. The lowest BCUT2D eigenvalue weighted by molar-refractivity contribution is -0.141. The molecule has 0 bridgehead atoms. The Morgan fingerprint density at radius 3 is 2.92 bits per heavy atom. The summed E-state index contributed by atoms with van der Waals surface area (Å²) in [4.78, 5) is 10.7. The Labute approximate surface area is 68.9 Å². The van der Waals surface area contributed by atoms with E-state index in [0.717, 1.165) is 4.68 Å². The molecule has 66 valence electrons. The normalized spacial score (nSPS) is 9.92. The van der Waals surface area contributed by atoms with Gasteiger partial charge in [0.15, 0.2) is 0 Å². The monoisotopic (exact) mass is 172 g/mol. The van der Waals surface area contributed by atoms with Gasteiger partial charge in [0.05, 0.1) is 12.8 Å². The molecule has 0 atom stereocenters. The minimum Gasteiger partial charge on any atom is -0.468 e. The van der Waals surface area contributed by atoms with Gasteiger partial charge in [0, 0.05) is 6.07 Å². The predicted octanol–water partition coefficient (Wildman–Crippen LogP) is 0.504. The van der Waals surface area contributed by atoms with E-state index < -0.39 is 11.9 Å². The van der Waals surface area contributed by atoms with Crippen LogP contribution in [0.4, 0.5) is 4.39 Å². The van der Waals surface area contributed by atoms with Crippen molar-refractivity contribution >= 4 is 5.97 Å². The van der Waals surface area contributed by atoms with Crippen LogP contribution in [0.3, 0.4) is 0 Å². The molecule has 1 heterocycles. The SMILES string of the molecule is COC(=O)Cn1nc(C)cc1F. The van der Waals surface area contributed by atoms with E-state index in [4.69, 9.17) is 0 Å². The number of ether oxygens (including phenoxy) is 1. The molecule has 0 unspecified atom stereocenters. The zero-order valence-electron chi connectivity index (χ0n) is 6.87. The van der Waals surface area contributed by atoms with E-state index in [2.05, 4.69) is 9.84 Å². The molecule has 0 radical (unpaired) electrons. The van der Waals surface area contributed by atoms with E-state index in [1.165, 1.54) is 13.2 Å². The van der Waals surface area contributed by atoms with Crippen molar-refractivity contribution in [1.29, 1.82) is 0 Å². The van der Waals surface area contributed by atoms with E-state index in [1.54, 1.807) is 6.92 Å². The molecule has 0 amide bonds. The fourth-order valence-electron chi connectivity index (χ4n) is 0.812. The van der Waals surface area contributed by atoms with Crippen molar-refractivity contribution in [3.8, 4) is 0 Å². The Hall–Kier alpha value is -1.39. The van der Waals surface area contributed by atoms with Gasteiger partial charge in [-0.1, -0.05) is 0 Å². The summed E-state index contributed by atoms with van der Waals surface area (Å²) < 4.78 is 18.1. The number of carbonyl (C=O) groups is 1. The summed E-state index contributed by atoms with van der Waals surface area (Å²) in [5, 5.41) is 3.74. The van der Waals surface area contributed by atoms with Crippen molar-refractivity contribution in [2.24, 2.45) is 0 Å². The Bertz CT molecular complexity index is 296. The molecular formula is C7H9FN2O2. The third-order valence-electron chi connectivity index (χ3n) is 1.36. The van der Waals surface area contributed by atoms with Gasteiger partial charge in [-0.25, -0.2) is 4.68 Å². The number of esters is 1. The first-order chi connectivity index (χ1) is 5.63. The summed E-state index contributed by atoms with van der Waals surface area (Å²) in [5.41, 5.74) is 0.538. The van der Waals surface area contributed by atoms with Crippen LogP contribution in [0.1, 0.15) is 5.69 Å². The molecule has 0 saturated carbocycles. The van der Waals surface area contributed by atoms with Crippen LogP contribution >= 0.6 is 0 Å². The van der Waals surface area contributed by atoms with Crippen LogP contribution in [0, 0.1) is 12.9 Å². The lowest BCUT2D eigenvalue weighted by Crippen LogP contribution is -2.14. The molecule has 0 aliphatic heterocycles. The Morgan fingerprint density at radius 1 is 1.83 bits per heavy atom. The molecule has 1 rings (SSSR count). The van der Waals surface area contributed by atoms with Crippen molar-refractivity contribution in [2.75, 3.05) is 7.11 Å². The number of aromatic nitrogens is 2. The van der Waals surface area contributed by atoms with Gasteiger partial charge in [-0.3, -0.25) is 4.79 Å². The first-order valence-electron chi connectivity index (χ1n) is 3.40. The van der Waals surface area contributed by atoms with Gasteiger partial charge in [0.1, 0.15) is 6.54 Å². The van der Waals surface area contributed by atoms with Crippen molar-refractivity contribution in [3.05, 3.63) is 17.7 Å². The Kier molecular flexibility index (Phi) is 2.42. The standard InChI is InChI=1S/C7H9FN2O2/c1-5-3-6(8)10(9-5)4-7(11)12-2/h3H,4H2,1-2H3. The summed E-state index contributed by atoms with van der Waals surface area (Å²) in [5.74, 6) is -1.05. The Balaban J connectivity index is 2.75. The maximum atomic E-state index is 12.8. The van der Waals surface area contributed by atoms with E-state index in [9.17, 15) is 9.18 Å². The molecule has 0 aromatic carbocycles. The van der Waals surface area contributed by atoms with Gasteiger partial charge < -0.3 is 4.74 Å². The van der Waals surface area contributed by atoms with Crippen LogP contribution in [0.15, 0.2) is 6.07 Å². The fraction of sp³-hybridized carbons (Fsp3) is 0.429. The van der Waals surface area contributed by atoms with Crippen molar-refractivity contribution in [2.45, 2.75) is 13.5 Å². The average molecular weight is 172 g/mol. The minimum absolute atomic E-state index is 0.184. The largest absolute Gasteiger partial charge is 0.468 e. The van der Waals surface area contributed by atoms with Crippen LogP contribution in [0.25, 0.3) is 0 Å². The number of rotatable bonds is 2. The Morgan fingerprint density at radius 2 is 2.50 bits per heavy atom. The first-order valence-corrected chi connectivity index (χ1v) is 3.40. The van der Waals surface area contributed by atoms with Crippen LogP contribution in [-0.4, -0.2) is 22.9 Å². The lowest BCUT2D eigenvalue weighted by Gasteiger charge is -1.98. The van der Waals surface area contributed by atoms with E-state index in [0.29, 0.717) is 5.69 Å². The molecule has 12 heavy (non-hydrogen) atoms. The molecular weight excluding hydrogens is 163 g/mol. The number of hydrogen-bond acceptors (Lipinski definition) is 3. The maximum Gasteiger partial charge on any atom is 0.327 e. The summed E-state index contributed by atoms with van der Waals surface area (Å²) in [6.07, 6.45) is 0. The predicted molar refractivity (Wildman–Crippen MR) is 38.9 cm³/mol. The quantitative estimate of drug-likeness (QED) is 0.610. The average Bonchev–Trinajstić information content (AvgIpc) is 2.30. The zero-order chi connectivity index (χ0) is 9.14. The molecule has 0 spiro atoms. The summed E-state index contributed by atoms with van der Waals surface area (Å²) in [6.45, 7) is 1.47. The smallest absolute Gasteiger partial charge is 0.327 e. The van der Waals surface area contributed by atoms with Gasteiger partial charge in [0.25, 0.3) is 0 Å². The third kappa shape index (κ3) is 1.81. The molecule has 0 N–H and O–H groups in total.